The molecule has 0 heterocycles. The Morgan fingerprint density at radius 1 is 1.40 bits per heavy atom. The van der Waals surface area contributed by atoms with E-state index in [1.807, 2.05) is 0 Å². The number of rotatable bonds is 1. The van der Waals surface area contributed by atoms with Crippen molar-refractivity contribution in [3.05, 3.63) is 29.6 Å². The minimum atomic E-state index is -1.07. The van der Waals surface area contributed by atoms with Gasteiger partial charge in [0.1, 0.15) is 17.1 Å². The van der Waals surface area contributed by atoms with Crippen LogP contribution in [0.25, 0.3) is 0 Å². The molecule has 1 aromatic rings. The summed E-state index contributed by atoms with van der Waals surface area (Å²) in [6.45, 7) is 1.04. The van der Waals surface area contributed by atoms with Gasteiger partial charge in [-0.2, -0.15) is 0 Å². The fourth-order valence-electron chi connectivity index (χ4n) is 0.857. The van der Waals surface area contributed by atoms with Crippen molar-refractivity contribution in [3.63, 3.8) is 0 Å². The van der Waals surface area contributed by atoms with Crippen LogP contribution in [0.3, 0.4) is 0 Å². The molecule has 0 bridgehead atoms. The molecule has 0 radical (unpaired) electrons. The predicted octanol–water partition coefficient (Wildman–Crippen LogP) is 0.586. The first-order valence-electron chi connectivity index (χ1n) is 3.72. The van der Waals surface area contributed by atoms with Crippen LogP contribution in [0.1, 0.15) is 17.3 Å². The van der Waals surface area contributed by atoms with E-state index in [1.165, 1.54) is 0 Å². The summed E-state index contributed by atoms with van der Waals surface area (Å²) in [6, 6.07) is 2.78. The van der Waals surface area contributed by atoms with Gasteiger partial charge in [-0.15, -0.1) is 0 Å². The summed E-state index contributed by atoms with van der Waals surface area (Å²) in [5, 5.41) is 9.14. The van der Waals surface area contributed by atoms with Crippen LogP contribution in [0.2, 0.25) is 0 Å². The number of benzene rings is 1. The van der Waals surface area contributed by atoms with Gasteiger partial charge in [-0.3, -0.25) is 4.79 Å². The summed E-state index contributed by atoms with van der Waals surface area (Å²) in [7, 11) is 0. The molecule has 1 aromatic carbocycles. The van der Waals surface area contributed by atoms with Crippen LogP contribution in [0.5, 0.6) is 5.75 Å². The van der Waals surface area contributed by atoms with Gasteiger partial charge in [0.25, 0.3) is 0 Å². The van der Waals surface area contributed by atoms with E-state index in [2.05, 4.69) is 4.74 Å². The Morgan fingerprint density at radius 2 is 2.00 bits per heavy atom. The Morgan fingerprint density at radius 3 is 2.53 bits per heavy atom. The zero-order valence-electron chi connectivity index (χ0n) is 7.28. The number of phenolic OH excluding ortho intramolecular Hbond substituents is 1. The Hall–Kier alpha value is -0.910. The Labute approximate surface area is 107 Å². The molecule has 15 heavy (non-hydrogen) atoms. The fraction of sp³-hybridized carbons (Fsp3) is 0.111. The molecule has 0 amide bonds. The second-order valence-electron chi connectivity index (χ2n) is 2.54. The first kappa shape index (κ1) is 14.1. The molecule has 0 saturated heterocycles. The van der Waals surface area contributed by atoms with Crippen molar-refractivity contribution in [1.82, 2.24) is 0 Å². The molecule has 4 nitrogen and oxygen atoms in total. The van der Waals surface area contributed by atoms with Crippen molar-refractivity contribution in [2.24, 2.45) is 0 Å². The summed E-state index contributed by atoms with van der Waals surface area (Å²) in [4.78, 5) is 21.5. The summed E-state index contributed by atoms with van der Waals surface area (Å²) in [5.74, 6) is -3.02. The van der Waals surface area contributed by atoms with E-state index in [4.69, 9.17) is 5.11 Å². The van der Waals surface area contributed by atoms with E-state index in [-0.39, 0.29) is 35.1 Å². The SMILES string of the molecule is CC(=O)OC(=O)c1cc(F)ccc1O.[NaH]. The maximum absolute atomic E-state index is 12.6. The van der Waals surface area contributed by atoms with Gasteiger partial charge in [-0.1, -0.05) is 0 Å². The van der Waals surface area contributed by atoms with Crippen LogP contribution in [-0.4, -0.2) is 46.6 Å². The molecule has 6 heteroatoms. The van der Waals surface area contributed by atoms with Crippen LogP contribution in [0.4, 0.5) is 4.39 Å². The van der Waals surface area contributed by atoms with Gasteiger partial charge >= 0.3 is 41.5 Å². The van der Waals surface area contributed by atoms with Crippen molar-refractivity contribution < 1.29 is 23.8 Å². The molecule has 0 aliphatic carbocycles. The molecule has 0 aromatic heterocycles. The summed E-state index contributed by atoms with van der Waals surface area (Å²) in [5.41, 5.74) is -0.375. The molecule has 0 atom stereocenters. The number of ether oxygens (including phenoxy) is 1. The van der Waals surface area contributed by atoms with E-state index < -0.39 is 23.5 Å². The molecular formula is C9H8FNaO4. The maximum atomic E-state index is 12.6. The molecule has 1 N–H and O–H groups in total. The average Bonchev–Trinajstić information content (AvgIpc) is 2.08. The number of aromatic hydroxyl groups is 1. The van der Waals surface area contributed by atoms with Crippen molar-refractivity contribution in [2.45, 2.75) is 6.92 Å². The van der Waals surface area contributed by atoms with E-state index in [1.54, 1.807) is 0 Å². The van der Waals surface area contributed by atoms with Gasteiger partial charge < -0.3 is 9.84 Å². The molecular weight excluding hydrogens is 214 g/mol. The van der Waals surface area contributed by atoms with Gasteiger partial charge in [0, 0.05) is 6.92 Å². The predicted molar refractivity (Wildman–Crippen MR) is 51.3 cm³/mol. The van der Waals surface area contributed by atoms with Crippen molar-refractivity contribution >= 4 is 41.5 Å². The molecule has 0 spiro atoms. The Balaban J connectivity index is 0.00000196. The third-order valence-corrected chi connectivity index (χ3v) is 1.41. The number of carbonyl (C=O) groups excluding carboxylic acids is 2. The zero-order chi connectivity index (χ0) is 10.7. The van der Waals surface area contributed by atoms with Gasteiger partial charge in [0.05, 0.1) is 0 Å². The summed E-state index contributed by atoms with van der Waals surface area (Å²) >= 11 is 0. The average molecular weight is 222 g/mol. The van der Waals surface area contributed by atoms with Crippen LogP contribution < -0.4 is 0 Å². The first-order chi connectivity index (χ1) is 6.50. The van der Waals surface area contributed by atoms with Crippen LogP contribution >= 0.6 is 0 Å². The van der Waals surface area contributed by atoms with Crippen LogP contribution in [0, 0.1) is 5.82 Å². The number of phenols is 1. The number of hydrogen-bond donors (Lipinski definition) is 1. The molecule has 76 valence electrons. The molecule has 0 aliphatic heterocycles. The van der Waals surface area contributed by atoms with Crippen LogP contribution in [-0.2, 0) is 9.53 Å². The topological polar surface area (TPSA) is 63.6 Å². The van der Waals surface area contributed by atoms with E-state index >= 15 is 0 Å². The summed E-state index contributed by atoms with van der Waals surface area (Å²) < 4.78 is 16.8. The monoisotopic (exact) mass is 222 g/mol. The fourth-order valence-corrected chi connectivity index (χ4v) is 0.857. The minimum absolute atomic E-state index is 0. The molecule has 0 saturated carbocycles. The quantitative estimate of drug-likeness (QED) is 0.429. The summed E-state index contributed by atoms with van der Waals surface area (Å²) in [6.07, 6.45) is 0. The standard InChI is InChI=1S/C9H7FO4.Na.H/c1-5(11)14-9(13)7-4-6(10)2-3-8(7)12;;/h2-4,12H,1H3;;. The molecule has 0 fully saturated rings. The second kappa shape index (κ2) is 5.85. The normalized spacial score (nSPS) is 8.93. The van der Waals surface area contributed by atoms with Crippen molar-refractivity contribution in [2.75, 3.05) is 0 Å². The Bertz CT molecular complexity index is 392. The van der Waals surface area contributed by atoms with Crippen molar-refractivity contribution in [1.29, 1.82) is 0 Å². The van der Waals surface area contributed by atoms with Gasteiger partial charge in [0.15, 0.2) is 0 Å². The number of halogens is 1. The van der Waals surface area contributed by atoms with Gasteiger partial charge in [-0.25, -0.2) is 9.18 Å². The first-order valence-corrected chi connectivity index (χ1v) is 3.72. The third-order valence-electron chi connectivity index (χ3n) is 1.41. The number of hydrogen-bond acceptors (Lipinski definition) is 4. The van der Waals surface area contributed by atoms with Gasteiger partial charge in [-0.05, 0) is 18.2 Å². The molecule has 0 unspecified atom stereocenters. The number of esters is 2. The molecule has 0 aliphatic rings. The zero-order valence-corrected chi connectivity index (χ0v) is 7.28. The second-order valence-corrected chi connectivity index (χ2v) is 2.54. The van der Waals surface area contributed by atoms with E-state index in [0.29, 0.717) is 0 Å². The van der Waals surface area contributed by atoms with E-state index in [9.17, 15) is 14.0 Å². The van der Waals surface area contributed by atoms with Gasteiger partial charge in [0.2, 0.25) is 0 Å². The number of carbonyl (C=O) groups is 2. The third kappa shape index (κ3) is 3.99. The van der Waals surface area contributed by atoms with Crippen molar-refractivity contribution in [3.8, 4) is 5.75 Å². The Kier molecular flexibility index (Phi) is 5.49. The van der Waals surface area contributed by atoms with Crippen LogP contribution in [0.15, 0.2) is 18.2 Å². The van der Waals surface area contributed by atoms with E-state index in [0.717, 1.165) is 25.1 Å². The molecule has 1 rings (SSSR count).